The van der Waals surface area contributed by atoms with Gasteiger partial charge in [0.15, 0.2) is 5.82 Å². The van der Waals surface area contributed by atoms with Crippen LogP contribution in [0.4, 0.5) is 0 Å². The second-order valence-corrected chi connectivity index (χ2v) is 9.22. The monoisotopic (exact) mass is 452 g/mol. The Hall–Kier alpha value is -2.78. The molecule has 1 aliphatic heterocycles. The van der Waals surface area contributed by atoms with E-state index >= 15 is 0 Å². The summed E-state index contributed by atoms with van der Waals surface area (Å²) in [7, 11) is 3.74. The largest absolute Gasteiger partial charge is 0.497 e. The number of aromatic nitrogens is 5. The van der Waals surface area contributed by atoms with Gasteiger partial charge in [0.2, 0.25) is 0 Å². The number of fused-ring (bicyclic) bond motifs is 1. The van der Waals surface area contributed by atoms with Crippen molar-refractivity contribution in [1.82, 2.24) is 30.1 Å². The summed E-state index contributed by atoms with van der Waals surface area (Å²) >= 11 is 0. The predicted molar refractivity (Wildman–Crippen MR) is 124 cm³/mol. The van der Waals surface area contributed by atoms with Crippen LogP contribution in [0.1, 0.15) is 62.4 Å². The Kier molecular flexibility index (Phi) is 6.41. The Morgan fingerprint density at radius 3 is 2.82 bits per heavy atom. The number of aromatic amines is 1. The number of hydrogen-bond donors (Lipinski definition) is 1. The minimum absolute atomic E-state index is 0.104. The number of methoxy groups -OCH3 is 1. The number of nitrogens with zero attached hydrogens (tertiary/aromatic N) is 5. The van der Waals surface area contributed by atoms with Crippen molar-refractivity contribution in [2.24, 2.45) is 0 Å². The fourth-order valence-electron chi connectivity index (χ4n) is 5.29. The molecule has 2 fully saturated rings. The highest BCUT2D eigenvalue weighted by Crippen LogP contribution is 2.33. The number of tetrazole rings is 1. The second kappa shape index (κ2) is 9.61. The predicted octanol–water partition coefficient (Wildman–Crippen LogP) is 3.06. The minimum atomic E-state index is -0.358. The lowest BCUT2D eigenvalue weighted by Gasteiger charge is -2.36. The van der Waals surface area contributed by atoms with Gasteiger partial charge in [-0.2, -0.15) is 0 Å². The number of pyridine rings is 1. The van der Waals surface area contributed by atoms with Crippen molar-refractivity contribution in [2.75, 3.05) is 20.8 Å². The molecule has 0 amide bonds. The minimum Gasteiger partial charge on any atom is -0.497 e. The maximum Gasteiger partial charge on any atom is 0.253 e. The van der Waals surface area contributed by atoms with E-state index in [0.29, 0.717) is 24.0 Å². The highest BCUT2D eigenvalue weighted by atomic mass is 16.5. The van der Waals surface area contributed by atoms with Crippen LogP contribution in [0.25, 0.3) is 10.9 Å². The molecule has 1 saturated heterocycles. The first-order valence-corrected chi connectivity index (χ1v) is 11.9. The van der Waals surface area contributed by atoms with Crippen LogP contribution in [-0.2, 0) is 11.3 Å². The molecule has 1 saturated carbocycles. The van der Waals surface area contributed by atoms with E-state index in [2.05, 4.69) is 32.5 Å². The summed E-state index contributed by atoms with van der Waals surface area (Å²) in [5, 5.41) is 13.6. The van der Waals surface area contributed by atoms with Crippen molar-refractivity contribution < 1.29 is 9.47 Å². The van der Waals surface area contributed by atoms with E-state index in [1.807, 2.05) is 28.9 Å². The van der Waals surface area contributed by atoms with Crippen LogP contribution in [0, 0.1) is 0 Å². The van der Waals surface area contributed by atoms with Crippen molar-refractivity contribution in [3.8, 4) is 5.75 Å². The maximum atomic E-state index is 13.4. The third-order valence-corrected chi connectivity index (χ3v) is 7.14. The molecule has 1 aliphatic carbocycles. The quantitative estimate of drug-likeness (QED) is 0.588. The summed E-state index contributed by atoms with van der Waals surface area (Å²) < 4.78 is 13.1. The zero-order chi connectivity index (χ0) is 22.8. The molecule has 0 bridgehead atoms. The fourth-order valence-corrected chi connectivity index (χ4v) is 5.29. The lowest BCUT2D eigenvalue weighted by atomic mass is 9.92. The standard InChI is InChI=1S/C24H32N6O3/c1-29(17-7-4-3-5-8-17)22(23-26-27-28-30(23)15-19-9-6-12-33-19)20-14-16-13-18(32-2)10-11-21(16)25-24(20)31/h10-11,13-14,17,19,22H,3-9,12,15H2,1-2H3,(H,25,31)/t19-,22+/m0/s1. The van der Waals surface area contributed by atoms with Crippen molar-refractivity contribution in [3.63, 3.8) is 0 Å². The van der Waals surface area contributed by atoms with Crippen molar-refractivity contribution in [1.29, 1.82) is 0 Å². The lowest BCUT2D eigenvalue weighted by molar-refractivity contribution is 0.0894. The first-order chi connectivity index (χ1) is 16.1. The summed E-state index contributed by atoms with van der Waals surface area (Å²) in [4.78, 5) is 18.7. The molecule has 33 heavy (non-hydrogen) atoms. The molecule has 0 spiro atoms. The average molecular weight is 453 g/mol. The van der Waals surface area contributed by atoms with Crippen LogP contribution < -0.4 is 10.3 Å². The van der Waals surface area contributed by atoms with Crippen molar-refractivity contribution in [2.45, 2.75) is 69.7 Å². The van der Waals surface area contributed by atoms with Crippen LogP contribution in [0.3, 0.4) is 0 Å². The Morgan fingerprint density at radius 1 is 1.21 bits per heavy atom. The Morgan fingerprint density at radius 2 is 2.06 bits per heavy atom. The van der Waals surface area contributed by atoms with Gasteiger partial charge < -0.3 is 14.5 Å². The number of hydrogen-bond acceptors (Lipinski definition) is 7. The molecule has 9 nitrogen and oxygen atoms in total. The Bertz CT molecular complexity index is 1150. The highest BCUT2D eigenvalue weighted by molar-refractivity contribution is 5.80. The van der Waals surface area contributed by atoms with Gasteiger partial charge in [0, 0.05) is 29.1 Å². The summed E-state index contributed by atoms with van der Waals surface area (Å²) in [6, 6.07) is 7.65. The van der Waals surface area contributed by atoms with Gasteiger partial charge in [-0.05, 0) is 67.4 Å². The molecule has 9 heteroatoms. The normalized spacial score (nSPS) is 20.5. The summed E-state index contributed by atoms with van der Waals surface area (Å²) in [5.74, 6) is 1.44. The molecule has 1 aromatic carbocycles. The van der Waals surface area contributed by atoms with Gasteiger partial charge in [0.05, 0.1) is 19.8 Å². The van der Waals surface area contributed by atoms with Crippen LogP contribution >= 0.6 is 0 Å². The van der Waals surface area contributed by atoms with E-state index in [1.54, 1.807) is 7.11 Å². The molecule has 0 unspecified atom stereocenters. The van der Waals surface area contributed by atoms with Crippen LogP contribution in [0.15, 0.2) is 29.1 Å². The zero-order valence-electron chi connectivity index (χ0n) is 19.4. The van der Waals surface area contributed by atoms with E-state index < -0.39 is 0 Å². The number of H-pyrrole nitrogens is 1. The molecule has 176 valence electrons. The van der Waals surface area contributed by atoms with Gasteiger partial charge >= 0.3 is 0 Å². The SMILES string of the molecule is COc1ccc2[nH]c(=O)c([C@H](c3nnnn3C[C@@H]3CCCO3)N(C)C3CCCCC3)cc2c1. The lowest BCUT2D eigenvalue weighted by Crippen LogP contribution is -2.40. The van der Waals surface area contributed by atoms with E-state index in [0.717, 1.165) is 48.9 Å². The van der Waals surface area contributed by atoms with E-state index in [4.69, 9.17) is 9.47 Å². The van der Waals surface area contributed by atoms with E-state index in [1.165, 1.54) is 19.3 Å². The van der Waals surface area contributed by atoms with Gasteiger partial charge in [0.1, 0.15) is 11.8 Å². The van der Waals surface area contributed by atoms with E-state index in [-0.39, 0.29) is 17.7 Å². The van der Waals surface area contributed by atoms with Crippen LogP contribution in [0.2, 0.25) is 0 Å². The number of benzene rings is 1. The summed E-state index contributed by atoms with van der Waals surface area (Å²) in [6.07, 6.45) is 8.05. The molecule has 5 rings (SSSR count). The summed E-state index contributed by atoms with van der Waals surface area (Å²) in [6.45, 7) is 1.37. The van der Waals surface area contributed by atoms with Gasteiger partial charge in [0.25, 0.3) is 5.56 Å². The van der Waals surface area contributed by atoms with Gasteiger partial charge in [-0.15, -0.1) is 5.10 Å². The molecule has 2 aliphatic rings. The van der Waals surface area contributed by atoms with Crippen LogP contribution in [-0.4, -0.2) is 63.0 Å². The molecular formula is C24H32N6O3. The molecule has 0 radical (unpaired) electrons. The molecule has 2 atom stereocenters. The van der Waals surface area contributed by atoms with Crippen LogP contribution in [0.5, 0.6) is 5.75 Å². The third-order valence-electron chi connectivity index (χ3n) is 7.14. The van der Waals surface area contributed by atoms with Crippen molar-refractivity contribution in [3.05, 3.63) is 46.0 Å². The van der Waals surface area contributed by atoms with Gasteiger partial charge in [-0.1, -0.05) is 19.3 Å². The Labute approximate surface area is 193 Å². The van der Waals surface area contributed by atoms with Gasteiger partial charge in [-0.25, -0.2) is 4.68 Å². The number of ether oxygens (including phenoxy) is 2. The smallest absolute Gasteiger partial charge is 0.253 e. The topological polar surface area (TPSA) is 98.2 Å². The molecule has 3 heterocycles. The highest BCUT2D eigenvalue weighted by Gasteiger charge is 2.33. The van der Waals surface area contributed by atoms with Gasteiger partial charge in [-0.3, -0.25) is 9.69 Å². The fraction of sp³-hybridized carbons (Fsp3) is 0.583. The third kappa shape index (κ3) is 4.52. The average Bonchev–Trinajstić information content (AvgIpc) is 3.53. The summed E-state index contributed by atoms with van der Waals surface area (Å²) in [5.41, 5.74) is 1.31. The zero-order valence-corrected chi connectivity index (χ0v) is 19.4. The molecular weight excluding hydrogens is 420 g/mol. The number of nitrogens with one attached hydrogen (secondary N) is 1. The molecule has 2 aromatic heterocycles. The molecule has 3 aromatic rings. The number of rotatable bonds is 7. The second-order valence-electron chi connectivity index (χ2n) is 9.22. The molecule has 1 N–H and O–H groups in total. The van der Waals surface area contributed by atoms with Crippen molar-refractivity contribution >= 4 is 10.9 Å². The first-order valence-electron chi connectivity index (χ1n) is 11.9. The van der Waals surface area contributed by atoms with E-state index in [9.17, 15) is 4.79 Å². The Balaban J connectivity index is 1.59. The first kappa shape index (κ1) is 22.0. The maximum absolute atomic E-state index is 13.4.